The Labute approximate surface area is 211 Å². The van der Waals surface area contributed by atoms with Crippen LogP contribution in [0.3, 0.4) is 0 Å². The number of para-hydroxylation sites is 1. The van der Waals surface area contributed by atoms with Crippen LogP contribution in [0.2, 0.25) is 0 Å². The van der Waals surface area contributed by atoms with Gasteiger partial charge in [0.05, 0.1) is 0 Å². The minimum Gasteiger partial charge on any atom is -0.507 e. The van der Waals surface area contributed by atoms with Crippen LogP contribution < -0.4 is 5.32 Å². The monoisotopic (exact) mass is 463 g/mol. The van der Waals surface area contributed by atoms with Crippen molar-refractivity contribution >= 4 is 22.1 Å². The molecule has 0 saturated heterocycles. The van der Waals surface area contributed by atoms with E-state index in [-0.39, 0.29) is 5.75 Å². The van der Waals surface area contributed by atoms with Gasteiger partial charge in [-0.1, -0.05) is 121 Å². The van der Waals surface area contributed by atoms with Crippen molar-refractivity contribution in [3.05, 3.63) is 140 Å². The predicted molar refractivity (Wildman–Crippen MR) is 152 cm³/mol. The lowest BCUT2D eigenvalue weighted by Gasteiger charge is -2.17. The summed E-state index contributed by atoms with van der Waals surface area (Å²) in [7, 11) is 0. The van der Waals surface area contributed by atoms with Gasteiger partial charge < -0.3 is 10.4 Å². The van der Waals surface area contributed by atoms with Gasteiger partial charge in [0, 0.05) is 28.1 Å². The summed E-state index contributed by atoms with van der Waals surface area (Å²) < 4.78 is 0. The third-order valence-corrected chi connectivity index (χ3v) is 6.56. The molecule has 0 aromatic heterocycles. The first-order valence-corrected chi connectivity index (χ1v) is 12.1. The minimum absolute atomic E-state index is 0.288. The molecular formula is C34H25NO. The van der Waals surface area contributed by atoms with Crippen LogP contribution in [0.15, 0.2) is 140 Å². The summed E-state index contributed by atoms with van der Waals surface area (Å²) in [6.45, 7) is 0. The molecule has 0 saturated carbocycles. The Balaban J connectivity index is 1.42. The van der Waals surface area contributed by atoms with Crippen molar-refractivity contribution < 1.29 is 5.11 Å². The van der Waals surface area contributed by atoms with Crippen molar-refractivity contribution in [1.29, 1.82) is 0 Å². The van der Waals surface area contributed by atoms with Gasteiger partial charge in [0.1, 0.15) is 5.75 Å². The fourth-order valence-electron chi connectivity index (χ4n) is 4.84. The number of fused-ring (bicyclic) bond motifs is 1. The van der Waals surface area contributed by atoms with Gasteiger partial charge in [-0.3, -0.25) is 0 Å². The van der Waals surface area contributed by atoms with Crippen LogP contribution in [0.4, 0.5) is 11.4 Å². The fraction of sp³-hybridized carbons (Fsp3) is 0. The average molecular weight is 464 g/mol. The summed E-state index contributed by atoms with van der Waals surface area (Å²) in [5, 5.41) is 17.2. The van der Waals surface area contributed by atoms with Crippen LogP contribution in [0.25, 0.3) is 44.2 Å². The van der Waals surface area contributed by atoms with E-state index in [1.807, 2.05) is 66.7 Å². The van der Waals surface area contributed by atoms with Crippen molar-refractivity contribution in [2.45, 2.75) is 0 Å². The molecule has 0 aliphatic rings. The van der Waals surface area contributed by atoms with Crippen molar-refractivity contribution in [3.63, 3.8) is 0 Å². The van der Waals surface area contributed by atoms with Crippen molar-refractivity contribution in [2.24, 2.45) is 0 Å². The number of nitrogens with one attached hydrogen (secondary N) is 1. The van der Waals surface area contributed by atoms with E-state index in [2.05, 4.69) is 78.1 Å². The first-order chi connectivity index (χ1) is 17.8. The van der Waals surface area contributed by atoms with Gasteiger partial charge in [0.2, 0.25) is 0 Å². The minimum atomic E-state index is 0.288. The highest BCUT2D eigenvalue weighted by molar-refractivity contribution is 6.03. The van der Waals surface area contributed by atoms with Crippen LogP contribution in [0.5, 0.6) is 5.75 Å². The molecular weight excluding hydrogens is 438 g/mol. The highest BCUT2D eigenvalue weighted by Crippen LogP contribution is 2.40. The van der Waals surface area contributed by atoms with Crippen LogP contribution >= 0.6 is 0 Å². The van der Waals surface area contributed by atoms with Crippen molar-refractivity contribution in [3.8, 4) is 39.1 Å². The summed E-state index contributed by atoms with van der Waals surface area (Å²) in [5.41, 5.74) is 7.93. The lowest BCUT2D eigenvalue weighted by Crippen LogP contribution is -1.95. The second-order valence-electron chi connectivity index (χ2n) is 8.85. The molecule has 0 atom stereocenters. The number of phenols is 1. The smallest absolute Gasteiger partial charge is 0.131 e. The molecule has 0 amide bonds. The van der Waals surface area contributed by atoms with Gasteiger partial charge in [-0.25, -0.2) is 0 Å². The molecule has 0 fully saturated rings. The maximum atomic E-state index is 11.2. The van der Waals surface area contributed by atoms with Crippen LogP contribution in [-0.2, 0) is 0 Å². The molecule has 6 aromatic carbocycles. The number of hydrogen-bond acceptors (Lipinski definition) is 2. The molecule has 36 heavy (non-hydrogen) atoms. The molecule has 0 unspecified atom stereocenters. The quantitative estimate of drug-likeness (QED) is 0.267. The predicted octanol–water partition coefficient (Wildman–Crippen LogP) is 9.29. The zero-order chi connectivity index (χ0) is 24.3. The van der Waals surface area contributed by atoms with Gasteiger partial charge >= 0.3 is 0 Å². The number of anilines is 2. The van der Waals surface area contributed by atoms with Crippen LogP contribution in [0, 0.1) is 0 Å². The van der Waals surface area contributed by atoms with Gasteiger partial charge in [0.25, 0.3) is 0 Å². The normalized spacial score (nSPS) is 10.9. The number of aromatic hydroxyl groups is 1. The van der Waals surface area contributed by atoms with E-state index in [9.17, 15) is 5.11 Å². The summed E-state index contributed by atoms with van der Waals surface area (Å²) >= 11 is 0. The lowest BCUT2D eigenvalue weighted by molar-refractivity contribution is 0.479. The standard InChI is InChI=1S/C34H25NO/c36-34-30(24-11-3-1-4-12-24)19-10-20-31(34)27-16-9-17-28(23-27)35-32-22-21-25-13-7-8-18-29(25)33(32)26-14-5-2-6-15-26/h1-23,35-36H. The number of benzene rings is 6. The number of hydrogen-bond donors (Lipinski definition) is 2. The lowest BCUT2D eigenvalue weighted by atomic mass is 9.95. The molecule has 0 bridgehead atoms. The average Bonchev–Trinajstić information content (AvgIpc) is 2.94. The zero-order valence-corrected chi connectivity index (χ0v) is 19.7. The molecule has 172 valence electrons. The van der Waals surface area contributed by atoms with E-state index in [0.29, 0.717) is 0 Å². The maximum absolute atomic E-state index is 11.2. The van der Waals surface area contributed by atoms with Crippen molar-refractivity contribution in [1.82, 2.24) is 0 Å². The first-order valence-electron chi connectivity index (χ1n) is 12.1. The summed E-state index contributed by atoms with van der Waals surface area (Å²) in [5.74, 6) is 0.288. The topological polar surface area (TPSA) is 32.3 Å². The molecule has 6 aromatic rings. The molecule has 0 aliphatic heterocycles. The van der Waals surface area contributed by atoms with Gasteiger partial charge in [-0.05, 0) is 45.7 Å². The maximum Gasteiger partial charge on any atom is 0.131 e. The molecule has 0 spiro atoms. The summed E-state index contributed by atoms with van der Waals surface area (Å²) in [6, 6.07) is 47.4. The SMILES string of the molecule is Oc1c(-c2ccccc2)cccc1-c1cccc(Nc2ccc3ccccc3c2-c2ccccc2)c1. The molecule has 0 heterocycles. The van der Waals surface area contributed by atoms with E-state index < -0.39 is 0 Å². The van der Waals surface area contributed by atoms with Gasteiger partial charge in [-0.15, -0.1) is 0 Å². The second-order valence-corrected chi connectivity index (χ2v) is 8.85. The Morgan fingerprint density at radius 2 is 1.08 bits per heavy atom. The second kappa shape index (κ2) is 9.44. The van der Waals surface area contributed by atoms with Crippen molar-refractivity contribution in [2.75, 3.05) is 5.32 Å². The van der Waals surface area contributed by atoms with Crippen LogP contribution in [-0.4, -0.2) is 5.11 Å². The Kier molecular flexibility index (Phi) is 5.69. The summed E-state index contributed by atoms with van der Waals surface area (Å²) in [6.07, 6.45) is 0. The Morgan fingerprint density at radius 3 is 1.86 bits per heavy atom. The van der Waals surface area contributed by atoms with Crippen LogP contribution in [0.1, 0.15) is 0 Å². The molecule has 2 nitrogen and oxygen atoms in total. The molecule has 6 rings (SSSR count). The fourth-order valence-corrected chi connectivity index (χ4v) is 4.84. The highest BCUT2D eigenvalue weighted by atomic mass is 16.3. The van der Waals surface area contributed by atoms with Gasteiger partial charge in [-0.2, -0.15) is 0 Å². The highest BCUT2D eigenvalue weighted by Gasteiger charge is 2.13. The van der Waals surface area contributed by atoms with Gasteiger partial charge in [0.15, 0.2) is 0 Å². The Bertz CT molecular complexity index is 1660. The third kappa shape index (κ3) is 4.10. The molecule has 2 heteroatoms. The Morgan fingerprint density at radius 1 is 0.472 bits per heavy atom. The van der Waals surface area contributed by atoms with E-state index in [0.717, 1.165) is 33.6 Å². The Hall–Kier alpha value is -4.82. The number of rotatable bonds is 5. The van der Waals surface area contributed by atoms with E-state index in [1.165, 1.54) is 21.9 Å². The first kappa shape index (κ1) is 21.7. The molecule has 0 radical (unpaired) electrons. The summed E-state index contributed by atoms with van der Waals surface area (Å²) in [4.78, 5) is 0. The van der Waals surface area contributed by atoms with E-state index >= 15 is 0 Å². The van der Waals surface area contributed by atoms with E-state index in [1.54, 1.807) is 0 Å². The zero-order valence-electron chi connectivity index (χ0n) is 19.7. The number of phenolic OH excluding ortho intramolecular Hbond substituents is 1. The third-order valence-electron chi connectivity index (χ3n) is 6.56. The molecule has 0 aliphatic carbocycles. The largest absolute Gasteiger partial charge is 0.507 e. The van der Waals surface area contributed by atoms with E-state index in [4.69, 9.17) is 0 Å². The molecule has 2 N–H and O–H groups in total.